The van der Waals surface area contributed by atoms with Crippen molar-refractivity contribution >= 4 is 21.5 Å². The molecule has 29 heavy (non-hydrogen) atoms. The van der Waals surface area contributed by atoms with Crippen LogP contribution in [0.2, 0.25) is 0 Å². The van der Waals surface area contributed by atoms with E-state index in [0.717, 1.165) is 36.8 Å². The van der Waals surface area contributed by atoms with Gasteiger partial charge in [0.25, 0.3) is 0 Å². The Morgan fingerprint density at radius 1 is 1.24 bits per heavy atom. The SMILES string of the molecule is CS(=O)(=O)CCNC(=NCCCOCC1CC1)Nc1ccc2c(c1)OCCCO2. The van der Waals surface area contributed by atoms with E-state index in [1.165, 1.54) is 19.1 Å². The monoisotopic (exact) mass is 425 g/mol. The molecule has 8 nitrogen and oxygen atoms in total. The van der Waals surface area contributed by atoms with Gasteiger partial charge in [0, 0.05) is 50.7 Å². The fourth-order valence-electron chi connectivity index (χ4n) is 2.76. The normalized spacial score (nSPS) is 16.9. The Morgan fingerprint density at radius 3 is 2.79 bits per heavy atom. The smallest absolute Gasteiger partial charge is 0.195 e. The van der Waals surface area contributed by atoms with E-state index in [2.05, 4.69) is 15.6 Å². The highest BCUT2D eigenvalue weighted by atomic mass is 32.2. The van der Waals surface area contributed by atoms with Crippen LogP contribution in [0.4, 0.5) is 5.69 Å². The van der Waals surface area contributed by atoms with Gasteiger partial charge in [-0.2, -0.15) is 0 Å². The molecule has 0 amide bonds. The number of anilines is 1. The van der Waals surface area contributed by atoms with Crippen LogP contribution in [0.15, 0.2) is 23.2 Å². The number of nitrogens with zero attached hydrogens (tertiary/aromatic N) is 1. The van der Waals surface area contributed by atoms with Gasteiger partial charge in [0.05, 0.1) is 19.0 Å². The molecule has 1 aliphatic carbocycles. The van der Waals surface area contributed by atoms with Crippen molar-refractivity contribution in [2.45, 2.75) is 25.7 Å². The molecule has 0 saturated heterocycles. The van der Waals surface area contributed by atoms with E-state index in [1.54, 1.807) is 0 Å². The van der Waals surface area contributed by atoms with Crippen LogP contribution >= 0.6 is 0 Å². The molecule has 1 aromatic carbocycles. The molecule has 1 fully saturated rings. The van der Waals surface area contributed by atoms with Gasteiger partial charge in [-0.3, -0.25) is 4.99 Å². The average molecular weight is 426 g/mol. The second-order valence-corrected chi connectivity index (χ2v) is 9.76. The van der Waals surface area contributed by atoms with E-state index in [-0.39, 0.29) is 12.3 Å². The number of fused-ring (bicyclic) bond motifs is 1. The predicted octanol–water partition coefficient (Wildman–Crippen LogP) is 2.07. The van der Waals surface area contributed by atoms with E-state index < -0.39 is 9.84 Å². The summed E-state index contributed by atoms with van der Waals surface area (Å²) < 4.78 is 39.8. The summed E-state index contributed by atoms with van der Waals surface area (Å²) >= 11 is 0. The molecule has 2 aliphatic rings. The zero-order valence-electron chi connectivity index (χ0n) is 17.0. The number of guanidine groups is 1. The summed E-state index contributed by atoms with van der Waals surface area (Å²) in [6.07, 6.45) is 5.45. The second-order valence-electron chi connectivity index (χ2n) is 7.50. The molecule has 0 aromatic heterocycles. The van der Waals surface area contributed by atoms with Crippen LogP contribution in [0.1, 0.15) is 25.7 Å². The number of aliphatic imine (C=N–C) groups is 1. The minimum atomic E-state index is -3.05. The van der Waals surface area contributed by atoms with Crippen LogP contribution < -0.4 is 20.1 Å². The van der Waals surface area contributed by atoms with Crippen LogP contribution in [0, 0.1) is 5.92 Å². The van der Waals surface area contributed by atoms with Gasteiger partial charge in [-0.1, -0.05) is 0 Å². The molecule has 1 heterocycles. The predicted molar refractivity (Wildman–Crippen MR) is 114 cm³/mol. The third kappa shape index (κ3) is 8.49. The Hall–Kier alpha value is -2.00. The molecule has 1 aliphatic heterocycles. The van der Waals surface area contributed by atoms with Crippen LogP contribution in [0.3, 0.4) is 0 Å². The number of sulfone groups is 1. The van der Waals surface area contributed by atoms with Crippen molar-refractivity contribution < 1.29 is 22.6 Å². The second kappa shape index (κ2) is 10.7. The molecule has 0 bridgehead atoms. The number of ether oxygens (including phenoxy) is 3. The highest BCUT2D eigenvalue weighted by Crippen LogP contribution is 2.32. The molecule has 9 heteroatoms. The minimum Gasteiger partial charge on any atom is -0.490 e. The summed E-state index contributed by atoms with van der Waals surface area (Å²) in [7, 11) is -3.05. The van der Waals surface area contributed by atoms with Crippen LogP contribution in [0.5, 0.6) is 11.5 Å². The topological polar surface area (TPSA) is 98.3 Å². The van der Waals surface area contributed by atoms with E-state index >= 15 is 0 Å². The summed E-state index contributed by atoms with van der Waals surface area (Å²) in [6, 6.07) is 5.62. The van der Waals surface area contributed by atoms with Gasteiger partial charge in [0.1, 0.15) is 9.84 Å². The third-order valence-corrected chi connectivity index (χ3v) is 5.49. The first kappa shape index (κ1) is 21.7. The standard InChI is InChI=1S/C20H31N3O5S/c1-29(24,25)13-9-22-20(21-8-2-10-26-15-16-4-5-16)23-17-6-7-18-19(14-17)28-12-3-11-27-18/h6-7,14,16H,2-5,8-13,15H2,1H3,(H2,21,22,23). The van der Waals surface area contributed by atoms with E-state index in [1.807, 2.05) is 18.2 Å². The van der Waals surface area contributed by atoms with Crippen LogP contribution in [-0.2, 0) is 14.6 Å². The van der Waals surface area contributed by atoms with E-state index in [0.29, 0.717) is 38.1 Å². The zero-order valence-corrected chi connectivity index (χ0v) is 17.8. The summed E-state index contributed by atoms with van der Waals surface area (Å²) in [5.74, 6) is 2.75. The molecule has 0 radical (unpaired) electrons. The molecule has 0 atom stereocenters. The summed E-state index contributed by atoms with van der Waals surface area (Å²) in [6.45, 7) is 3.66. The Labute approximate surface area is 172 Å². The minimum absolute atomic E-state index is 0.0410. The largest absolute Gasteiger partial charge is 0.490 e. The van der Waals surface area contributed by atoms with E-state index in [9.17, 15) is 8.42 Å². The van der Waals surface area contributed by atoms with Crippen molar-refractivity contribution in [1.82, 2.24) is 5.32 Å². The maximum Gasteiger partial charge on any atom is 0.195 e. The molecule has 2 N–H and O–H groups in total. The van der Waals surface area contributed by atoms with Crippen molar-refractivity contribution in [3.63, 3.8) is 0 Å². The van der Waals surface area contributed by atoms with Crippen molar-refractivity contribution in [3.05, 3.63) is 18.2 Å². The molecular formula is C20H31N3O5S. The van der Waals surface area contributed by atoms with Gasteiger partial charge >= 0.3 is 0 Å². The van der Waals surface area contributed by atoms with Crippen molar-refractivity contribution in [3.8, 4) is 11.5 Å². The van der Waals surface area contributed by atoms with Gasteiger partial charge < -0.3 is 24.8 Å². The van der Waals surface area contributed by atoms with Gasteiger partial charge in [-0.25, -0.2) is 8.42 Å². The quantitative estimate of drug-likeness (QED) is 0.336. The Balaban J connectivity index is 1.55. The highest BCUT2D eigenvalue weighted by Gasteiger charge is 2.20. The Morgan fingerprint density at radius 2 is 2.03 bits per heavy atom. The first-order chi connectivity index (χ1) is 14.0. The van der Waals surface area contributed by atoms with Crippen molar-refractivity contribution in [2.75, 3.05) is 56.8 Å². The first-order valence-electron chi connectivity index (χ1n) is 10.2. The van der Waals surface area contributed by atoms with Gasteiger partial charge in [0.2, 0.25) is 0 Å². The molecule has 3 rings (SSSR count). The fourth-order valence-corrected chi connectivity index (χ4v) is 3.24. The maximum absolute atomic E-state index is 11.4. The molecule has 1 aromatic rings. The first-order valence-corrected chi connectivity index (χ1v) is 12.3. The lowest BCUT2D eigenvalue weighted by Gasteiger charge is -2.14. The lowest BCUT2D eigenvalue weighted by molar-refractivity contribution is 0.123. The van der Waals surface area contributed by atoms with Crippen molar-refractivity contribution in [1.29, 1.82) is 0 Å². The summed E-state index contributed by atoms with van der Waals surface area (Å²) in [5, 5.41) is 6.31. The lowest BCUT2D eigenvalue weighted by Crippen LogP contribution is -2.34. The number of rotatable bonds is 10. The van der Waals surface area contributed by atoms with Gasteiger partial charge in [-0.05, 0) is 37.3 Å². The van der Waals surface area contributed by atoms with Gasteiger partial charge in [-0.15, -0.1) is 0 Å². The number of hydrogen-bond acceptors (Lipinski definition) is 6. The zero-order chi connectivity index (χ0) is 20.5. The highest BCUT2D eigenvalue weighted by molar-refractivity contribution is 7.90. The summed E-state index contributed by atoms with van der Waals surface area (Å²) in [5.41, 5.74) is 0.796. The van der Waals surface area contributed by atoms with Crippen LogP contribution in [-0.4, -0.2) is 65.9 Å². The molecule has 0 spiro atoms. The summed E-state index contributed by atoms with van der Waals surface area (Å²) in [4.78, 5) is 4.55. The Kier molecular flexibility index (Phi) is 8.00. The number of benzene rings is 1. The fraction of sp³-hybridized carbons (Fsp3) is 0.650. The van der Waals surface area contributed by atoms with Crippen molar-refractivity contribution in [2.24, 2.45) is 10.9 Å². The molecular weight excluding hydrogens is 394 g/mol. The third-order valence-electron chi connectivity index (χ3n) is 4.54. The maximum atomic E-state index is 11.4. The van der Waals surface area contributed by atoms with E-state index in [4.69, 9.17) is 14.2 Å². The van der Waals surface area contributed by atoms with Gasteiger partial charge in [0.15, 0.2) is 17.5 Å². The molecule has 1 saturated carbocycles. The lowest BCUT2D eigenvalue weighted by atomic mass is 10.3. The molecule has 0 unspecified atom stereocenters. The van der Waals surface area contributed by atoms with Crippen LogP contribution in [0.25, 0.3) is 0 Å². The molecule has 162 valence electrons. The Bertz CT molecular complexity index is 793. The number of hydrogen-bond donors (Lipinski definition) is 2. The average Bonchev–Trinajstić information content (AvgIpc) is 3.50. The number of nitrogens with one attached hydrogen (secondary N) is 2.